The third kappa shape index (κ3) is 6.89. The molecule has 0 bridgehead atoms. The van der Waals surface area contributed by atoms with Gasteiger partial charge in [0, 0.05) is 38.0 Å². The summed E-state index contributed by atoms with van der Waals surface area (Å²) < 4.78 is 0. The van der Waals surface area contributed by atoms with Crippen molar-refractivity contribution in [3.63, 3.8) is 0 Å². The van der Waals surface area contributed by atoms with Gasteiger partial charge in [-0.3, -0.25) is 4.79 Å². The fourth-order valence-corrected chi connectivity index (χ4v) is 4.13. The first-order valence-corrected chi connectivity index (χ1v) is 10.5. The van der Waals surface area contributed by atoms with Crippen molar-refractivity contribution in [1.29, 1.82) is 0 Å². The van der Waals surface area contributed by atoms with Gasteiger partial charge in [-0.25, -0.2) is 0 Å². The molecule has 27 heavy (non-hydrogen) atoms. The van der Waals surface area contributed by atoms with Crippen LogP contribution in [0.3, 0.4) is 0 Å². The molecular weight excluding hydrogens is 354 g/mol. The quantitative estimate of drug-likeness (QED) is 0.621. The van der Waals surface area contributed by atoms with Gasteiger partial charge >= 0.3 is 0 Å². The van der Waals surface area contributed by atoms with Crippen LogP contribution in [-0.4, -0.2) is 30.0 Å². The first-order valence-electron chi connectivity index (χ1n) is 10.1. The molecule has 150 valence electrons. The van der Waals surface area contributed by atoms with E-state index in [1.54, 1.807) is 7.05 Å². The minimum Gasteiger partial charge on any atom is -0.375 e. The molecule has 1 aliphatic rings. The van der Waals surface area contributed by atoms with Gasteiger partial charge in [-0.05, 0) is 23.8 Å². The summed E-state index contributed by atoms with van der Waals surface area (Å²) in [5.74, 6) is -0.0594. The summed E-state index contributed by atoms with van der Waals surface area (Å²) in [4.78, 5) is 13.1. The van der Waals surface area contributed by atoms with Crippen molar-refractivity contribution in [2.45, 2.75) is 71.5 Å². The number of hydrogen-bond acceptors (Lipinski definition) is 3. The number of thiocarbonyl (C=S) groups is 1. The third-order valence-electron chi connectivity index (χ3n) is 5.52. The summed E-state index contributed by atoms with van der Waals surface area (Å²) in [6.07, 6.45) is 5.35. The van der Waals surface area contributed by atoms with E-state index in [0.29, 0.717) is 18.5 Å². The SMILES string of the molecule is CNC(=O)[C@@H](CC(=S)N[C@@H]1CCCC[C@H]1NCc1ccccc1)C(C)(C)C. The van der Waals surface area contributed by atoms with Crippen LogP contribution in [0, 0.1) is 11.3 Å². The highest BCUT2D eigenvalue weighted by atomic mass is 32.1. The van der Waals surface area contributed by atoms with Gasteiger partial charge in [-0.2, -0.15) is 0 Å². The lowest BCUT2D eigenvalue weighted by atomic mass is 9.78. The Hall–Kier alpha value is -1.46. The molecule has 1 amide bonds. The van der Waals surface area contributed by atoms with E-state index in [4.69, 9.17) is 12.2 Å². The Bertz CT molecular complexity index is 612. The molecule has 1 aromatic carbocycles. The molecule has 0 saturated heterocycles. The number of benzene rings is 1. The maximum Gasteiger partial charge on any atom is 0.223 e. The van der Waals surface area contributed by atoms with E-state index < -0.39 is 0 Å². The largest absolute Gasteiger partial charge is 0.375 e. The number of nitrogens with one attached hydrogen (secondary N) is 3. The van der Waals surface area contributed by atoms with E-state index in [2.05, 4.69) is 61.0 Å². The molecule has 0 spiro atoms. The summed E-state index contributed by atoms with van der Waals surface area (Å²) in [5.41, 5.74) is 1.18. The standard InChI is InChI=1S/C22H35N3OS/c1-22(2,3)17(21(26)23-4)14-20(27)25-19-13-9-8-12-18(19)24-15-16-10-6-5-7-11-16/h5-7,10-11,17-19,24H,8-9,12-15H2,1-4H3,(H,23,26)(H,25,27)/t17-,18-,19-/m1/s1. The number of rotatable bonds is 7. The molecule has 4 nitrogen and oxygen atoms in total. The monoisotopic (exact) mass is 389 g/mol. The second-order valence-corrected chi connectivity index (χ2v) is 9.16. The highest BCUT2D eigenvalue weighted by Gasteiger charge is 2.33. The van der Waals surface area contributed by atoms with Gasteiger partial charge < -0.3 is 16.0 Å². The van der Waals surface area contributed by atoms with Crippen molar-refractivity contribution < 1.29 is 4.79 Å². The van der Waals surface area contributed by atoms with Gasteiger partial charge in [0.15, 0.2) is 0 Å². The fourth-order valence-electron chi connectivity index (χ4n) is 3.81. The average Bonchev–Trinajstić information content (AvgIpc) is 2.65. The molecule has 3 N–H and O–H groups in total. The molecule has 1 saturated carbocycles. The Kier molecular flexibility index (Phi) is 8.24. The van der Waals surface area contributed by atoms with E-state index in [-0.39, 0.29) is 17.2 Å². The lowest BCUT2D eigenvalue weighted by Crippen LogP contribution is -2.52. The van der Waals surface area contributed by atoms with E-state index >= 15 is 0 Å². The van der Waals surface area contributed by atoms with Gasteiger partial charge in [-0.15, -0.1) is 0 Å². The number of hydrogen-bond donors (Lipinski definition) is 3. The number of carbonyl (C=O) groups excluding carboxylic acids is 1. The Balaban J connectivity index is 1.93. The van der Waals surface area contributed by atoms with Gasteiger partial charge in [-0.1, -0.05) is 76.2 Å². The smallest absolute Gasteiger partial charge is 0.223 e. The molecule has 0 radical (unpaired) electrons. The zero-order chi connectivity index (χ0) is 19.9. The minimum absolute atomic E-state index is 0.0639. The second-order valence-electron chi connectivity index (χ2n) is 8.67. The first kappa shape index (κ1) is 21.8. The van der Waals surface area contributed by atoms with Crippen LogP contribution >= 0.6 is 12.2 Å². The maximum absolute atomic E-state index is 12.3. The van der Waals surface area contributed by atoms with Crippen molar-refractivity contribution in [1.82, 2.24) is 16.0 Å². The van der Waals surface area contributed by atoms with Crippen LogP contribution in [0.2, 0.25) is 0 Å². The molecule has 3 atom stereocenters. The average molecular weight is 390 g/mol. The highest BCUT2D eigenvalue weighted by molar-refractivity contribution is 7.80. The summed E-state index contributed by atoms with van der Waals surface area (Å²) >= 11 is 5.66. The van der Waals surface area contributed by atoms with Crippen LogP contribution in [0.25, 0.3) is 0 Å². The highest BCUT2D eigenvalue weighted by Crippen LogP contribution is 2.29. The zero-order valence-corrected chi connectivity index (χ0v) is 18.0. The number of carbonyl (C=O) groups is 1. The molecule has 0 unspecified atom stereocenters. The predicted molar refractivity (Wildman–Crippen MR) is 117 cm³/mol. The van der Waals surface area contributed by atoms with Gasteiger partial charge in [0.05, 0.1) is 4.99 Å². The van der Waals surface area contributed by atoms with Crippen molar-refractivity contribution in [3.8, 4) is 0 Å². The maximum atomic E-state index is 12.3. The minimum atomic E-state index is -0.123. The molecule has 0 aliphatic heterocycles. The van der Waals surface area contributed by atoms with Crippen LogP contribution in [0.15, 0.2) is 30.3 Å². The van der Waals surface area contributed by atoms with Gasteiger partial charge in [0.2, 0.25) is 5.91 Å². The Morgan fingerprint density at radius 1 is 1.15 bits per heavy atom. The van der Waals surface area contributed by atoms with Crippen molar-refractivity contribution >= 4 is 23.1 Å². The molecule has 1 aliphatic carbocycles. The van der Waals surface area contributed by atoms with E-state index in [9.17, 15) is 4.79 Å². The number of amides is 1. The molecule has 0 aromatic heterocycles. The van der Waals surface area contributed by atoms with Crippen LogP contribution < -0.4 is 16.0 Å². The summed E-state index contributed by atoms with van der Waals surface area (Å²) in [6.45, 7) is 7.17. The molecular formula is C22H35N3OS. The van der Waals surface area contributed by atoms with Crippen LogP contribution in [0.5, 0.6) is 0 Å². The molecule has 1 aromatic rings. The summed E-state index contributed by atoms with van der Waals surface area (Å²) in [7, 11) is 1.70. The van der Waals surface area contributed by atoms with Gasteiger partial charge in [0.25, 0.3) is 0 Å². The third-order valence-corrected chi connectivity index (χ3v) is 5.81. The first-order chi connectivity index (χ1) is 12.8. The lowest BCUT2D eigenvalue weighted by Gasteiger charge is -2.35. The van der Waals surface area contributed by atoms with Gasteiger partial charge in [0.1, 0.15) is 0 Å². The summed E-state index contributed by atoms with van der Waals surface area (Å²) in [6, 6.07) is 11.2. The van der Waals surface area contributed by atoms with E-state index in [1.165, 1.54) is 18.4 Å². The molecule has 2 rings (SSSR count). The zero-order valence-electron chi connectivity index (χ0n) is 17.2. The van der Waals surface area contributed by atoms with Crippen molar-refractivity contribution in [3.05, 3.63) is 35.9 Å². The Morgan fingerprint density at radius 2 is 1.78 bits per heavy atom. The van der Waals surface area contributed by atoms with E-state index in [0.717, 1.165) is 24.4 Å². The predicted octanol–water partition coefficient (Wildman–Crippen LogP) is 3.80. The topological polar surface area (TPSA) is 53.2 Å². The normalized spacial score (nSPS) is 21.3. The van der Waals surface area contributed by atoms with Crippen molar-refractivity contribution in [2.24, 2.45) is 11.3 Å². The van der Waals surface area contributed by atoms with Crippen LogP contribution in [-0.2, 0) is 11.3 Å². The Labute approximate surface area is 169 Å². The van der Waals surface area contributed by atoms with E-state index in [1.807, 2.05) is 6.07 Å². The Morgan fingerprint density at radius 3 is 2.37 bits per heavy atom. The molecule has 5 heteroatoms. The van der Waals surface area contributed by atoms with Crippen LogP contribution in [0.1, 0.15) is 58.4 Å². The summed E-state index contributed by atoms with van der Waals surface area (Å²) in [5, 5.41) is 10.1. The molecule has 1 fully saturated rings. The van der Waals surface area contributed by atoms with Crippen molar-refractivity contribution in [2.75, 3.05) is 7.05 Å². The second kappa shape index (κ2) is 10.2. The molecule has 0 heterocycles. The fraction of sp³-hybridized carbons (Fsp3) is 0.636. The van der Waals surface area contributed by atoms with Crippen LogP contribution in [0.4, 0.5) is 0 Å². The lowest BCUT2D eigenvalue weighted by molar-refractivity contribution is -0.127.